The number of nitrogens with zero attached hydrogens (tertiary/aromatic N) is 1. The highest BCUT2D eigenvalue weighted by molar-refractivity contribution is 7.45. The van der Waals surface area contributed by atoms with Gasteiger partial charge in [0.05, 0.1) is 39.9 Å². The number of hydrogen-bond acceptors (Lipinski definition) is 6. The highest BCUT2D eigenvalue weighted by Crippen LogP contribution is 2.38. The predicted molar refractivity (Wildman–Crippen MR) is 302 cm³/mol. The molecule has 9 heteroatoms. The Labute approximate surface area is 432 Å². The van der Waals surface area contributed by atoms with E-state index in [0.717, 1.165) is 83.5 Å². The minimum Gasteiger partial charge on any atom is -0.756 e. The highest BCUT2D eigenvalue weighted by atomic mass is 31.2. The van der Waals surface area contributed by atoms with Crippen molar-refractivity contribution in [3.8, 4) is 0 Å². The Morgan fingerprint density at radius 2 is 0.886 bits per heavy atom. The molecular formula is C61H109N2O6P. The van der Waals surface area contributed by atoms with Crippen molar-refractivity contribution < 1.29 is 32.9 Å². The molecule has 3 atom stereocenters. The molecule has 0 heterocycles. The van der Waals surface area contributed by atoms with Crippen molar-refractivity contribution in [2.75, 3.05) is 40.9 Å². The van der Waals surface area contributed by atoms with Crippen molar-refractivity contribution in [1.29, 1.82) is 0 Å². The molecule has 1 amide bonds. The molecule has 0 fully saturated rings. The third-order valence-corrected chi connectivity index (χ3v) is 13.2. The number of phosphoric acid groups is 1. The Kier molecular flexibility index (Phi) is 49.4. The number of nitrogens with one attached hydrogen (secondary N) is 1. The summed E-state index contributed by atoms with van der Waals surface area (Å²) >= 11 is 0. The van der Waals surface area contributed by atoms with E-state index >= 15 is 0 Å². The lowest BCUT2D eigenvalue weighted by molar-refractivity contribution is -0.870. The van der Waals surface area contributed by atoms with Crippen LogP contribution in [0.5, 0.6) is 0 Å². The van der Waals surface area contributed by atoms with Crippen LogP contribution in [0.25, 0.3) is 0 Å². The van der Waals surface area contributed by atoms with Gasteiger partial charge in [0.1, 0.15) is 13.2 Å². The normalized spacial score (nSPS) is 14.7. The molecule has 3 unspecified atom stereocenters. The van der Waals surface area contributed by atoms with Crippen molar-refractivity contribution in [1.82, 2.24) is 5.32 Å². The maximum Gasteiger partial charge on any atom is 0.268 e. The average molecular weight is 998 g/mol. The summed E-state index contributed by atoms with van der Waals surface area (Å²) in [5, 5.41) is 13.8. The van der Waals surface area contributed by atoms with Gasteiger partial charge in [-0.15, -0.1) is 0 Å². The lowest BCUT2D eigenvalue weighted by Crippen LogP contribution is -2.45. The summed E-state index contributed by atoms with van der Waals surface area (Å²) in [4.78, 5) is 25.4. The average Bonchev–Trinajstić information content (AvgIpc) is 3.32. The maximum atomic E-state index is 12.9. The van der Waals surface area contributed by atoms with E-state index in [1.165, 1.54) is 128 Å². The van der Waals surface area contributed by atoms with E-state index in [-0.39, 0.29) is 12.5 Å². The van der Waals surface area contributed by atoms with E-state index in [1.807, 2.05) is 27.2 Å². The van der Waals surface area contributed by atoms with Gasteiger partial charge in [0.15, 0.2) is 0 Å². The molecule has 2 N–H and O–H groups in total. The van der Waals surface area contributed by atoms with E-state index in [2.05, 4.69) is 104 Å². The van der Waals surface area contributed by atoms with Crippen molar-refractivity contribution >= 4 is 13.7 Å². The summed E-state index contributed by atoms with van der Waals surface area (Å²) in [6, 6.07) is -0.912. The fourth-order valence-corrected chi connectivity index (χ4v) is 8.52. The zero-order chi connectivity index (χ0) is 51.3. The van der Waals surface area contributed by atoms with Gasteiger partial charge in [-0.05, 0) is 89.9 Å². The van der Waals surface area contributed by atoms with Crippen LogP contribution in [0.15, 0.2) is 97.2 Å². The number of carbonyl (C=O) groups is 1. The molecule has 70 heavy (non-hydrogen) atoms. The predicted octanol–water partition coefficient (Wildman–Crippen LogP) is 16.8. The zero-order valence-electron chi connectivity index (χ0n) is 45.9. The molecule has 0 radical (unpaired) electrons. The van der Waals surface area contributed by atoms with Crippen molar-refractivity contribution in [3.63, 3.8) is 0 Å². The van der Waals surface area contributed by atoms with Crippen LogP contribution in [0.1, 0.15) is 232 Å². The molecule has 0 aromatic carbocycles. The number of rotatable bonds is 51. The number of aliphatic hydroxyl groups excluding tert-OH is 1. The molecule has 8 nitrogen and oxygen atoms in total. The molecule has 404 valence electrons. The molecule has 0 bridgehead atoms. The second kappa shape index (κ2) is 51.3. The maximum absolute atomic E-state index is 12.9. The fourth-order valence-electron chi connectivity index (χ4n) is 7.80. The SMILES string of the molecule is CC/C=C\C/C=C\C/C=C\C/C=C\C/C=C\CCCCCCCCCCCCCCCCCCCCCC(=O)NC(COP(=O)([O-])OCC[N+](C)(C)C)C(O)/C=C/CC/C=C/CC/C=C/CCCCC. The van der Waals surface area contributed by atoms with Crippen molar-refractivity contribution in [2.45, 2.75) is 244 Å². The van der Waals surface area contributed by atoms with E-state index < -0.39 is 26.6 Å². The number of phosphoric ester groups is 1. The van der Waals surface area contributed by atoms with Crippen LogP contribution in [0, 0.1) is 0 Å². The molecular weight excluding hydrogens is 888 g/mol. The Morgan fingerprint density at radius 1 is 0.514 bits per heavy atom. The van der Waals surface area contributed by atoms with Gasteiger partial charge in [0, 0.05) is 6.42 Å². The van der Waals surface area contributed by atoms with Gasteiger partial charge in [-0.1, -0.05) is 233 Å². The summed E-state index contributed by atoms with van der Waals surface area (Å²) in [6.45, 7) is 4.47. The van der Waals surface area contributed by atoms with E-state index in [1.54, 1.807) is 6.08 Å². The van der Waals surface area contributed by atoms with Crippen LogP contribution < -0.4 is 10.2 Å². The first kappa shape index (κ1) is 67.4. The summed E-state index contributed by atoms with van der Waals surface area (Å²) in [6.07, 6.45) is 73.6. The molecule has 0 rings (SSSR count). The largest absolute Gasteiger partial charge is 0.756 e. The number of aliphatic hydroxyl groups is 1. The fraction of sp³-hybridized carbons (Fsp3) is 0.721. The third kappa shape index (κ3) is 53.2. The van der Waals surface area contributed by atoms with Crippen LogP contribution in [-0.4, -0.2) is 68.5 Å². The second-order valence-electron chi connectivity index (χ2n) is 20.2. The lowest BCUT2D eigenvalue weighted by atomic mass is 10.0. The highest BCUT2D eigenvalue weighted by Gasteiger charge is 2.23. The van der Waals surface area contributed by atoms with Gasteiger partial charge in [-0.2, -0.15) is 0 Å². The summed E-state index contributed by atoms with van der Waals surface area (Å²) in [5.41, 5.74) is 0. The number of amides is 1. The lowest BCUT2D eigenvalue weighted by Gasteiger charge is -2.29. The number of unbranched alkanes of at least 4 members (excludes halogenated alkanes) is 24. The molecule has 0 aliphatic carbocycles. The summed E-state index contributed by atoms with van der Waals surface area (Å²) in [7, 11) is 1.23. The van der Waals surface area contributed by atoms with Gasteiger partial charge in [-0.3, -0.25) is 9.36 Å². The Morgan fingerprint density at radius 3 is 1.33 bits per heavy atom. The summed E-state index contributed by atoms with van der Waals surface area (Å²) in [5.74, 6) is -0.213. The minimum absolute atomic E-state index is 0.0116. The molecule has 0 aromatic heterocycles. The minimum atomic E-state index is -4.61. The van der Waals surface area contributed by atoms with Crippen LogP contribution in [0.3, 0.4) is 0 Å². The Hall–Kier alpha value is -2.58. The molecule has 0 spiro atoms. The van der Waals surface area contributed by atoms with Crippen LogP contribution in [0.2, 0.25) is 0 Å². The number of likely N-dealkylation sites (N-methyl/N-ethyl adjacent to an activating group) is 1. The smallest absolute Gasteiger partial charge is 0.268 e. The van der Waals surface area contributed by atoms with Gasteiger partial charge in [0.2, 0.25) is 5.91 Å². The molecule has 0 aliphatic rings. The third-order valence-electron chi connectivity index (χ3n) is 12.3. The zero-order valence-corrected chi connectivity index (χ0v) is 46.8. The van der Waals surface area contributed by atoms with Gasteiger partial charge in [0.25, 0.3) is 7.82 Å². The Bertz CT molecular complexity index is 1460. The van der Waals surface area contributed by atoms with Crippen molar-refractivity contribution in [2.24, 2.45) is 0 Å². The first-order valence-corrected chi connectivity index (χ1v) is 30.1. The van der Waals surface area contributed by atoms with Crippen LogP contribution in [0.4, 0.5) is 0 Å². The van der Waals surface area contributed by atoms with Crippen LogP contribution >= 0.6 is 7.82 Å². The first-order chi connectivity index (χ1) is 34.0. The number of allylic oxidation sites excluding steroid dienone is 15. The number of quaternary nitrogens is 1. The van der Waals surface area contributed by atoms with E-state index in [4.69, 9.17) is 9.05 Å². The first-order valence-electron chi connectivity index (χ1n) is 28.6. The standard InChI is InChI=1S/C61H109N2O6P/c1-6-8-10-12-14-16-18-20-21-22-23-24-25-26-27-28-29-30-31-32-33-34-35-36-37-38-39-40-41-43-45-47-49-51-53-55-61(65)62-59(58-69-70(66,67)68-57-56-63(3,4)5)60(64)54-52-50-48-46-44-42-19-17-15-13-11-9-7-2/h8,10,14-17,20-21,23-24,26-27,44,46,52,54,59-60,64H,6-7,9,11-13,18-19,22,25,28-43,45,47-51,53,55-58H2,1-5H3,(H-,62,65,66,67)/b10-8-,16-14-,17-15+,21-20-,24-23-,27-26-,46-44+,54-52+. The van der Waals surface area contributed by atoms with Gasteiger partial charge in [-0.25, -0.2) is 0 Å². The van der Waals surface area contributed by atoms with Gasteiger partial charge >= 0.3 is 0 Å². The second-order valence-corrected chi connectivity index (χ2v) is 21.7. The van der Waals surface area contributed by atoms with Crippen LogP contribution in [-0.2, 0) is 18.4 Å². The molecule has 0 aliphatic heterocycles. The molecule has 0 saturated heterocycles. The quantitative estimate of drug-likeness (QED) is 0.0272. The number of carbonyl (C=O) groups excluding carboxylic acids is 1. The Balaban J connectivity index is 4.04. The molecule has 0 saturated carbocycles. The van der Waals surface area contributed by atoms with E-state index in [0.29, 0.717) is 17.4 Å². The topological polar surface area (TPSA) is 108 Å². The van der Waals surface area contributed by atoms with Crippen molar-refractivity contribution in [3.05, 3.63) is 97.2 Å². The summed E-state index contributed by atoms with van der Waals surface area (Å²) < 4.78 is 23.3. The monoisotopic (exact) mass is 997 g/mol. The molecule has 0 aromatic rings. The van der Waals surface area contributed by atoms with E-state index in [9.17, 15) is 19.4 Å². The number of hydrogen-bond donors (Lipinski definition) is 2. The van der Waals surface area contributed by atoms with Gasteiger partial charge < -0.3 is 28.8 Å².